The van der Waals surface area contributed by atoms with Crippen LogP contribution >= 0.6 is 11.3 Å². The van der Waals surface area contributed by atoms with Gasteiger partial charge in [-0.05, 0) is 43.0 Å². The second-order valence-electron chi connectivity index (χ2n) is 5.09. The summed E-state index contributed by atoms with van der Waals surface area (Å²) >= 11 is 1.66. The van der Waals surface area contributed by atoms with E-state index in [1.54, 1.807) is 17.7 Å². The third kappa shape index (κ3) is 3.13. The van der Waals surface area contributed by atoms with Crippen molar-refractivity contribution >= 4 is 28.3 Å². The number of carbonyl (C=O) groups is 1. The van der Waals surface area contributed by atoms with Gasteiger partial charge in [0.05, 0.1) is 17.4 Å². The molecule has 108 valence electrons. The van der Waals surface area contributed by atoms with Gasteiger partial charge in [0.2, 0.25) is 0 Å². The number of rotatable bonds is 4. The maximum Gasteiger partial charge on any atom is 0.326 e. The number of hydrogen-bond acceptors (Lipinski definition) is 4. The topological polar surface area (TPSA) is 44.1 Å². The Labute approximate surface area is 127 Å². The Bertz CT molecular complexity index is 789. The molecule has 0 aliphatic carbocycles. The highest BCUT2D eigenvalue weighted by Crippen LogP contribution is 2.16. The number of imidazole rings is 1. The third-order valence-electron chi connectivity index (χ3n) is 3.26. The predicted molar refractivity (Wildman–Crippen MR) is 83.3 cm³/mol. The van der Waals surface area contributed by atoms with Crippen LogP contribution in [0, 0.1) is 13.8 Å². The van der Waals surface area contributed by atoms with Gasteiger partial charge in [0.1, 0.15) is 13.2 Å². The molecule has 0 saturated heterocycles. The van der Waals surface area contributed by atoms with E-state index in [1.807, 2.05) is 48.1 Å². The number of nitrogens with zero attached hydrogens (tertiary/aromatic N) is 2. The Hall–Kier alpha value is -2.14. The van der Waals surface area contributed by atoms with E-state index < -0.39 is 0 Å². The first kappa shape index (κ1) is 13.8. The highest BCUT2D eigenvalue weighted by molar-refractivity contribution is 7.10. The van der Waals surface area contributed by atoms with Gasteiger partial charge in [-0.15, -0.1) is 11.3 Å². The van der Waals surface area contributed by atoms with Crippen LogP contribution in [-0.4, -0.2) is 15.5 Å². The zero-order valence-corrected chi connectivity index (χ0v) is 12.8. The summed E-state index contributed by atoms with van der Waals surface area (Å²) in [5.74, 6) is -0.251. The summed E-state index contributed by atoms with van der Waals surface area (Å²) in [5.41, 5.74) is 4.04. The van der Waals surface area contributed by atoms with E-state index in [9.17, 15) is 4.79 Å². The maximum absolute atomic E-state index is 11.9. The first-order valence-corrected chi connectivity index (χ1v) is 7.61. The summed E-state index contributed by atoms with van der Waals surface area (Å²) in [6, 6.07) is 8.03. The monoisotopic (exact) mass is 300 g/mol. The average Bonchev–Trinajstić information content (AvgIpc) is 3.03. The summed E-state index contributed by atoms with van der Waals surface area (Å²) < 4.78 is 7.12. The molecule has 0 aliphatic rings. The van der Waals surface area contributed by atoms with Crippen LogP contribution in [-0.2, 0) is 22.7 Å². The molecule has 21 heavy (non-hydrogen) atoms. The third-order valence-corrected chi connectivity index (χ3v) is 4.17. The highest BCUT2D eigenvalue weighted by Gasteiger charge is 2.09. The molecule has 0 aliphatic heterocycles. The molecule has 0 bridgehead atoms. The second-order valence-corrected chi connectivity index (χ2v) is 6.21. The van der Waals surface area contributed by atoms with E-state index in [1.165, 1.54) is 4.88 Å². The van der Waals surface area contributed by atoms with Gasteiger partial charge in [0, 0.05) is 10.4 Å². The molecule has 3 aromatic rings. The van der Waals surface area contributed by atoms with Crippen molar-refractivity contribution in [1.82, 2.24) is 9.55 Å². The van der Waals surface area contributed by atoms with Crippen LogP contribution in [0.15, 0.2) is 36.0 Å². The average molecular weight is 300 g/mol. The molecule has 0 atom stereocenters. The van der Waals surface area contributed by atoms with Crippen LogP contribution in [0.3, 0.4) is 0 Å². The zero-order chi connectivity index (χ0) is 14.8. The Morgan fingerprint density at radius 1 is 1.33 bits per heavy atom. The van der Waals surface area contributed by atoms with E-state index in [4.69, 9.17) is 4.74 Å². The van der Waals surface area contributed by atoms with Crippen LogP contribution < -0.4 is 0 Å². The number of aryl methyl sites for hydroxylation is 2. The summed E-state index contributed by atoms with van der Waals surface area (Å²) in [4.78, 5) is 17.5. The maximum atomic E-state index is 11.9. The number of esters is 1. The summed E-state index contributed by atoms with van der Waals surface area (Å²) in [5, 5.41) is 2.01. The van der Waals surface area contributed by atoms with Crippen molar-refractivity contribution in [3.8, 4) is 0 Å². The van der Waals surface area contributed by atoms with Gasteiger partial charge in [0.25, 0.3) is 0 Å². The molecular weight excluding hydrogens is 284 g/mol. The predicted octanol–water partition coefficient (Wildman–Crippen LogP) is 3.46. The first-order chi connectivity index (χ1) is 10.1. The number of carbonyl (C=O) groups excluding carboxylic acids is 1. The van der Waals surface area contributed by atoms with E-state index in [-0.39, 0.29) is 12.5 Å². The normalized spacial score (nSPS) is 11.0. The smallest absolute Gasteiger partial charge is 0.326 e. The molecule has 2 aromatic heterocycles. The summed E-state index contributed by atoms with van der Waals surface area (Å²) in [6.45, 7) is 4.57. The fourth-order valence-corrected chi connectivity index (χ4v) is 2.91. The fraction of sp³-hybridized carbons (Fsp3) is 0.250. The van der Waals surface area contributed by atoms with Gasteiger partial charge in [0.15, 0.2) is 0 Å². The van der Waals surface area contributed by atoms with Crippen molar-refractivity contribution in [1.29, 1.82) is 0 Å². The highest BCUT2D eigenvalue weighted by atomic mass is 32.1. The minimum absolute atomic E-state index is 0.183. The van der Waals surface area contributed by atoms with Gasteiger partial charge in [-0.25, -0.2) is 4.98 Å². The minimum atomic E-state index is -0.251. The van der Waals surface area contributed by atoms with Gasteiger partial charge in [-0.2, -0.15) is 0 Å². The lowest BCUT2D eigenvalue weighted by molar-refractivity contribution is -0.145. The van der Waals surface area contributed by atoms with E-state index in [0.717, 1.165) is 22.2 Å². The molecule has 0 spiro atoms. The molecule has 0 unspecified atom stereocenters. The van der Waals surface area contributed by atoms with Crippen molar-refractivity contribution in [3.63, 3.8) is 0 Å². The van der Waals surface area contributed by atoms with Crippen molar-refractivity contribution in [2.45, 2.75) is 27.0 Å². The SMILES string of the molecule is Cc1ccc2c(c1)ncn2CC(=O)OCc1csc(C)c1. The Kier molecular flexibility index (Phi) is 3.75. The largest absolute Gasteiger partial charge is 0.459 e. The van der Waals surface area contributed by atoms with E-state index in [2.05, 4.69) is 4.98 Å². The quantitative estimate of drug-likeness (QED) is 0.693. The number of thiophene rings is 1. The molecule has 0 N–H and O–H groups in total. The Morgan fingerprint density at radius 3 is 2.95 bits per heavy atom. The number of hydrogen-bond donors (Lipinski definition) is 0. The number of fused-ring (bicyclic) bond motifs is 1. The number of ether oxygens (including phenoxy) is 1. The van der Waals surface area contributed by atoms with Crippen molar-refractivity contribution in [2.24, 2.45) is 0 Å². The first-order valence-electron chi connectivity index (χ1n) is 6.73. The number of aromatic nitrogens is 2. The van der Waals surface area contributed by atoms with Crippen LogP contribution in [0.5, 0.6) is 0 Å². The fourth-order valence-electron chi connectivity index (χ4n) is 2.22. The van der Waals surface area contributed by atoms with Gasteiger partial charge >= 0.3 is 5.97 Å². The molecule has 2 heterocycles. The van der Waals surface area contributed by atoms with Gasteiger partial charge in [-0.3, -0.25) is 4.79 Å². The van der Waals surface area contributed by atoms with Gasteiger partial charge in [-0.1, -0.05) is 6.07 Å². The molecule has 4 nitrogen and oxygen atoms in total. The summed E-state index contributed by atoms with van der Waals surface area (Å²) in [6.07, 6.45) is 1.68. The van der Waals surface area contributed by atoms with Crippen LogP contribution in [0.25, 0.3) is 11.0 Å². The lowest BCUT2D eigenvalue weighted by Crippen LogP contribution is -2.12. The Morgan fingerprint density at radius 2 is 2.19 bits per heavy atom. The van der Waals surface area contributed by atoms with E-state index >= 15 is 0 Å². The van der Waals surface area contributed by atoms with Crippen molar-refractivity contribution < 1.29 is 9.53 Å². The van der Waals surface area contributed by atoms with Gasteiger partial charge < -0.3 is 9.30 Å². The molecule has 5 heteroatoms. The zero-order valence-electron chi connectivity index (χ0n) is 12.0. The van der Waals surface area contributed by atoms with Crippen LogP contribution in [0.1, 0.15) is 16.0 Å². The lowest BCUT2D eigenvalue weighted by Gasteiger charge is -2.05. The Balaban J connectivity index is 1.66. The summed E-state index contributed by atoms with van der Waals surface area (Å²) in [7, 11) is 0. The molecule has 3 rings (SSSR count). The second kappa shape index (κ2) is 5.69. The molecule has 1 aromatic carbocycles. The number of benzene rings is 1. The lowest BCUT2D eigenvalue weighted by atomic mass is 10.2. The molecule has 0 radical (unpaired) electrons. The van der Waals surface area contributed by atoms with E-state index in [0.29, 0.717) is 6.61 Å². The molecular formula is C16H16N2O2S. The minimum Gasteiger partial charge on any atom is -0.459 e. The standard InChI is InChI=1S/C16H16N2O2S/c1-11-3-4-15-14(5-11)17-10-18(15)7-16(19)20-8-13-6-12(2)21-9-13/h3-6,9-10H,7-8H2,1-2H3. The molecule has 0 saturated carbocycles. The van der Waals surface area contributed by atoms with Crippen molar-refractivity contribution in [2.75, 3.05) is 0 Å². The van der Waals surface area contributed by atoms with Crippen LogP contribution in [0.2, 0.25) is 0 Å². The molecule has 0 fully saturated rings. The van der Waals surface area contributed by atoms with Crippen LogP contribution in [0.4, 0.5) is 0 Å². The van der Waals surface area contributed by atoms with Crippen molar-refractivity contribution in [3.05, 3.63) is 52.0 Å². The molecule has 0 amide bonds.